The van der Waals surface area contributed by atoms with Gasteiger partial charge in [-0.1, -0.05) is 42.1 Å². The zero-order chi connectivity index (χ0) is 20.4. The van der Waals surface area contributed by atoms with Crippen molar-refractivity contribution < 1.29 is 9.34 Å². The van der Waals surface area contributed by atoms with Gasteiger partial charge in [-0.25, -0.2) is 0 Å². The molecule has 0 radical (unpaired) electrons. The maximum absolute atomic E-state index is 10.8. The van der Waals surface area contributed by atoms with E-state index in [1.165, 1.54) is 23.9 Å². The first-order valence-corrected chi connectivity index (χ1v) is 9.60. The van der Waals surface area contributed by atoms with E-state index in [0.29, 0.717) is 17.3 Å². The largest absolute Gasteiger partial charge is 0.419 e. The smallest absolute Gasteiger partial charge is 0.269 e. The van der Waals surface area contributed by atoms with Crippen LogP contribution in [0, 0.1) is 10.1 Å². The molecule has 29 heavy (non-hydrogen) atoms. The summed E-state index contributed by atoms with van der Waals surface area (Å²) in [6.45, 7) is 1.94. The molecule has 0 saturated carbocycles. The number of nitro benzene ring substituents is 1. The molecule has 2 aromatic carbocycles. The van der Waals surface area contributed by atoms with Gasteiger partial charge < -0.3 is 8.98 Å². The van der Waals surface area contributed by atoms with Crippen LogP contribution in [0.1, 0.15) is 18.1 Å². The number of hydrogen-bond donors (Lipinski definition) is 0. The van der Waals surface area contributed by atoms with Crippen molar-refractivity contribution in [3.8, 4) is 22.8 Å². The fraction of sp³-hybridized carbons (Fsp3) is 0.158. The van der Waals surface area contributed by atoms with E-state index >= 15 is 0 Å². The topological polar surface area (TPSA) is 113 Å². The van der Waals surface area contributed by atoms with E-state index in [1.54, 1.807) is 12.1 Å². The normalized spacial score (nSPS) is 12.1. The number of rotatable bonds is 6. The van der Waals surface area contributed by atoms with Crippen molar-refractivity contribution in [2.45, 2.75) is 17.3 Å². The molecule has 9 nitrogen and oxygen atoms in total. The molecule has 146 valence electrons. The average Bonchev–Trinajstić information content (AvgIpc) is 3.37. The molecular weight excluding hydrogens is 392 g/mol. The lowest BCUT2D eigenvalue weighted by Crippen LogP contribution is -1.97. The van der Waals surface area contributed by atoms with Crippen molar-refractivity contribution in [1.29, 1.82) is 0 Å². The summed E-state index contributed by atoms with van der Waals surface area (Å²) < 4.78 is 7.69. The predicted octanol–water partition coefficient (Wildman–Crippen LogP) is 4.29. The molecule has 0 saturated heterocycles. The standard InChI is InChI=1S/C19H16N6O3S/c1-12(29-19-23-20-16(24(19)2)13-6-4-3-5-7-13)17-21-22-18(28-17)14-8-10-15(11-9-14)25(26)27/h3-12H,1-2H3/t12-/m1/s1. The van der Waals surface area contributed by atoms with Gasteiger partial charge in [0, 0.05) is 30.3 Å². The van der Waals surface area contributed by atoms with E-state index < -0.39 is 4.92 Å². The summed E-state index contributed by atoms with van der Waals surface area (Å²) in [4.78, 5) is 10.3. The van der Waals surface area contributed by atoms with Gasteiger partial charge in [-0.2, -0.15) is 0 Å². The fourth-order valence-electron chi connectivity index (χ4n) is 2.71. The third-order valence-corrected chi connectivity index (χ3v) is 5.38. The fourth-order valence-corrected chi connectivity index (χ4v) is 3.55. The number of nitro groups is 1. The molecule has 0 bridgehead atoms. The lowest BCUT2D eigenvalue weighted by molar-refractivity contribution is -0.384. The zero-order valence-electron chi connectivity index (χ0n) is 15.6. The van der Waals surface area contributed by atoms with E-state index in [-0.39, 0.29) is 10.9 Å². The van der Waals surface area contributed by atoms with Gasteiger partial charge in [-0.3, -0.25) is 10.1 Å². The summed E-state index contributed by atoms with van der Waals surface area (Å²) in [6.07, 6.45) is 0. The Morgan fingerprint density at radius 3 is 2.41 bits per heavy atom. The molecule has 1 atom stereocenters. The Morgan fingerprint density at radius 2 is 1.72 bits per heavy atom. The molecule has 2 heterocycles. The lowest BCUT2D eigenvalue weighted by atomic mass is 10.2. The first-order chi connectivity index (χ1) is 14.0. The Bertz CT molecular complexity index is 1140. The molecular formula is C19H16N6O3S. The molecule has 2 aromatic heterocycles. The third kappa shape index (κ3) is 3.87. The second-order valence-electron chi connectivity index (χ2n) is 6.24. The molecule has 0 amide bonds. The minimum atomic E-state index is -0.452. The highest BCUT2D eigenvalue weighted by atomic mass is 32.2. The Balaban J connectivity index is 1.51. The average molecular weight is 408 g/mol. The van der Waals surface area contributed by atoms with E-state index in [2.05, 4.69) is 20.4 Å². The van der Waals surface area contributed by atoms with Crippen LogP contribution in [0.25, 0.3) is 22.8 Å². The second-order valence-corrected chi connectivity index (χ2v) is 7.55. The van der Waals surface area contributed by atoms with Gasteiger partial charge in [-0.15, -0.1) is 20.4 Å². The van der Waals surface area contributed by atoms with Gasteiger partial charge in [0.15, 0.2) is 11.0 Å². The molecule has 0 unspecified atom stereocenters. The Labute approximate surface area is 170 Å². The van der Waals surface area contributed by atoms with E-state index in [4.69, 9.17) is 4.42 Å². The highest BCUT2D eigenvalue weighted by molar-refractivity contribution is 7.99. The molecule has 4 aromatic rings. The monoisotopic (exact) mass is 408 g/mol. The van der Waals surface area contributed by atoms with Gasteiger partial charge in [0.25, 0.3) is 5.69 Å². The van der Waals surface area contributed by atoms with Crippen LogP contribution in [0.4, 0.5) is 5.69 Å². The molecule has 10 heteroatoms. The van der Waals surface area contributed by atoms with Gasteiger partial charge in [0.1, 0.15) is 0 Å². The Morgan fingerprint density at radius 1 is 1.00 bits per heavy atom. The van der Waals surface area contributed by atoms with E-state index in [1.807, 2.05) is 48.9 Å². The summed E-state index contributed by atoms with van der Waals surface area (Å²) >= 11 is 1.46. The highest BCUT2D eigenvalue weighted by Gasteiger charge is 2.20. The summed E-state index contributed by atoms with van der Waals surface area (Å²) in [5.74, 6) is 1.52. The van der Waals surface area contributed by atoms with Crippen molar-refractivity contribution in [1.82, 2.24) is 25.0 Å². The van der Waals surface area contributed by atoms with Crippen LogP contribution in [-0.4, -0.2) is 29.9 Å². The first kappa shape index (κ1) is 18.8. The molecule has 0 aliphatic carbocycles. The van der Waals surface area contributed by atoms with Crippen LogP contribution < -0.4 is 0 Å². The molecule has 0 aliphatic heterocycles. The summed E-state index contributed by atoms with van der Waals surface area (Å²) in [6, 6.07) is 15.8. The quantitative estimate of drug-likeness (QED) is 0.264. The van der Waals surface area contributed by atoms with Crippen LogP contribution >= 0.6 is 11.8 Å². The van der Waals surface area contributed by atoms with Crippen LogP contribution in [0.3, 0.4) is 0 Å². The first-order valence-electron chi connectivity index (χ1n) is 8.72. The van der Waals surface area contributed by atoms with Crippen LogP contribution in [-0.2, 0) is 7.05 Å². The van der Waals surface area contributed by atoms with Crippen LogP contribution in [0.15, 0.2) is 64.2 Å². The lowest BCUT2D eigenvalue weighted by Gasteiger charge is -2.07. The number of non-ortho nitro benzene ring substituents is 1. The Kier molecular flexibility index (Phi) is 5.09. The highest BCUT2D eigenvalue weighted by Crippen LogP contribution is 2.35. The number of hydrogen-bond acceptors (Lipinski definition) is 8. The van der Waals surface area contributed by atoms with Gasteiger partial charge in [0.2, 0.25) is 11.8 Å². The maximum atomic E-state index is 10.8. The number of thioether (sulfide) groups is 1. The van der Waals surface area contributed by atoms with Crippen molar-refractivity contribution >= 4 is 17.4 Å². The molecule has 0 fully saturated rings. The second kappa shape index (κ2) is 7.84. The molecule has 0 aliphatic rings. The maximum Gasteiger partial charge on any atom is 0.269 e. The third-order valence-electron chi connectivity index (χ3n) is 4.26. The van der Waals surface area contributed by atoms with Crippen molar-refractivity contribution in [3.05, 3.63) is 70.6 Å². The summed E-state index contributed by atoms with van der Waals surface area (Å²) in [5.41, 5.74) is 1.62. The van der Waals surface area contributed by atoms with E-state index in [9.17, 15) is 10.1 Å². The Hall–Kier alpha value is -3.53. The number of benzene rings is 2. The van der Waals surface area contributed by atoms with Gasteiger partial charge in [0.05, 0.1) is 10.2 Å². The number of aromatic nitrogens is 5. The van der Waals surface area contributed by atoms with Crippen molar-refractivity contribution in [3.63, 3.8) is 0 Å². The minimum absolute atomic E-state index is 0.00825. The molecule has 4 rings (SSSR count). The summed E-state index contributed by atoms with van der Waals surface area (Å²) in [5, 5.41) is 28.1. The SMILES string of the molecule is C[C@@H](Sc1nnc(-c2ccccc2)n1C)c1nnc(-c2ccc([N+](=O)[O-])cc2)o1. The molecule has 0 spiro atoms. The molecule has 0 N–H and O–H groups in total. The van der Waals surface area contributed by atoms with Crippen molar-refractivity contribution in [2.75, 3.05) is 0 Å². The zero-order valence-corrected chi connectivity index (χ0v) is 16.4. The van der Waals surface area contributed by atoms with Crippen LogP contribution in [0.2, 0.25) is 0 Å². The predicted molar refractivity (Wildman–Crippen MR) is 107 cm³/mol. The number of nitrogens with zero attached hydrogens (tertiary/aromatic N) is 6. The minimum Gasteiger partial charge on any atom is -0.419 e. The van der Waals surface area contributed by atoms with Crippen LogP contribution in [0.5, 0.6) is 0 Å². The van der Waals surface area contributed by atoms with Gasteiger partial charge in [-0.05, 0) is 19.1 Å². The van der Waals surface area contributed by atoms with E-state index in [0.717, 1.165) is 16.5 Å². The van der Waals surface area contributed by atoms with Gasteiger partial charge >= 0.3 is 0 Å². The van der Waals surface area contributed by atoms with Crippen molar-refractivity contribution in [2.24, 2.45) is 7.05 Å². The summed E-state index contributed by atoms with van der Waals surface area (Å²) in [7, 11) is 1.91.